The average molecular weight is 1760 g/mol. The predicted molar refractivity (Wildman–Crippen MR) is 457 cm³/mol. The normalized spacial score (nSPS) is 12.8. The first-order valence-electron chi connectivity index (χ1n) is 43.1. The number of aliphatic carboxylic acids is 1. The van der Waals surface area contributed by atoms with Crippen molar-refractivity contribution in [3.8, 4) is 0 Å². The number of carboxylic acids is 1. The van der Waals surface area contributed by atoms with E-state index in [1.165, 1.54) is 5.56 Å². The van der Waals surface area contributed by atoms with Crippen LogP contribution in [0.2, 0.25) is 10.0 Å². The molecule has 34 heteroatoms. The Balaban J connectivity index is 0.809. The fraction of sp³-hybridized carbons (Fsp3) is 0.779. The zero-order valence-corrected chi connectivity index (χ0v) is 74.3. The van der Waals surface area contributed by atoms with Crippen molar-refractivity contribution in [1.29, 1.82) is 0 Å². The molecule has 0 saturated heterocycles. The van der Waals surface area contributed by atoms with E-state index in [-0.39, 0.29) is 17.7 Å². The standard InChI is InChI=1S/C86H146Cl2N4O28/c1-6-7-22-92-80-72-75(86(2,3)4)19-20-81(80)120-84(92)17-14-16-83-90(78-73-76(87)77(88)74-79(78)91(83)24-13-9-11-18-85(94)95)23-12-8-10-15-82(93)89-21-25-97-28-29-99-32-33-101-36-37-103-40-41-105-44-45-107-48-49-109-52-53-111-56-57-113-60-61-115-64-65-117-68-69-119-71-70-118-67-66-116-63-62-114-59-58-112-55-54-110-51-50-108-47-46-106-43-42-104-39-38-102-35-34-100-31-30-98-27-26-96-5/h14,16-17,19-20,72-74H,6-13,15,18,21-71H2,1-5H3,(H-,89,93,94,95)/p+1. The number of nitrogens with zero attached hydrogens (tertiary/aromatic N) is 3. The topological polar surface area (TPSA) is 311 Å². The van der Waals surface area contributed by atoms with E-state index < -0.39 is 5.97 Å². The van der Waals surface area contributed by atoms with Crippen LogP contribution < -0.4 is 19.7 Å². The summed E-state index contributed by atoms with van der Waals surface area (Å²) in [5.74, 6) is 0.920. The van der Waals surface area contributed by atoms with Crippen LogP contribution in [0.4, 0.5) is 11.4 Å². The fourth-order valence-corrected chi connectivity index (χ4v) is 11.7. The molecule has 120 heavy (non-hydrogen) atoms. The number of carbonyl (C=O) groups is 2. The number of hydrogen-bond donors (Lipinski definition) is 2. The molecule has 2 N–H and O–H groups in total. The van der Waals surface area contributed by atoms with Gasteiger partial charge in [-0.2, -0.15) is 4.57 Å². The smallest absolute Gasteiger partial charge is 0.374 e. The zero-order chi connectivity index (χ0) is 85.8. The molecule has 32 nitrogen and oxygen atoms in total. The number of allylic oxidation sites excluding steroid dienone is 2. The van der Waals surface area contributed by atoms with Gasteiger partial charge in [-0.05, 0) is 67.0 Å². The summed E-state index contributed by atoms with van der Waals surface area (Å²) >= 11 is 13.3. The Morgan fingerprint density at radius 2 is 0.708 bits per heavy atom. The third-order valence-electron chi connectivity index (χ3n) is 17.7. The molecular weight excluding hydrogens is 1610 g/mol. The van der Waals surface area contributed by atoms with E-state index in [2.05, 4.69) is 71.7 Å². The molecule has 3 aromatic rings. The van der Waals surface area contributed by atoms with E-state index >= 15 is 0 Å². The van der Waals surface area contributed by atoms with Gasteiger partial charge in [0, 0.05) is 52.1 Å². The first-order chi connectivity index (χ1) is 58.9. The second kappa shape index (κ2) is 76.9. The van der Waals surface area contributed by atoms with E-state index in [0.29, 0.717) is 353 Å². The number of nitrogens with one attached hydrogen (secondary N) is 1. The number of halogens is 2. The van der Waals surface area contributed by atoms with Crippen molar-refractivity contribution in [2.45, 2.75) is 104 Å². The molecule has 2 aromatic carbocycles. The monoisotopic (exact) mass is 1750 g/mol. The number of oxazole rings is 1. The molecule has 0 bridgehead atoms. The Morgan fingerprint density at radius 3 is 1.00 bits per heavy atom. The number of rotatable bonds is 89. The van der Waals surface area contributed by atoms with Crippen molar-refractivity contribution < 1.29 is 137 Å². The largest absolute Gasteiger partial charge is 0.481 e. The Labute approximate surface area is 723 Å². The summed E-state index contributed by atoms with van der Waals surface area (Å²) < 4.78 is 141. The van der Waals surface area contributed by atoms with Crippen LogP contribution in [0.15, 0.2) is 52.7 Å². The molecule has 0 aliphatic carbocycles. The van der Waals surface area contributed by atoms with Gasteiger partial charge in [-0.1, -0.05) is 76.2 Å². The first-order valence-corrected chi connectivity index (χ1v) is 43.8. The van der Waals surface area contributed by atoms with Crippen LogP contribution in [0.25, 0.3) is 17.2 Å². The zero-order valence-electron chi connectivity index (χ0n) is 72.8. The minimum atomic E-state index is -0.792. The quantitative estimate of drug-likeness (QED) is 0.0392. The number of aromatic nitrogens is 1. The van der Waals surface area contributed by atoms with E-state index in [9.17, 15) is 14.7 Å². The summed E-state index contributed by atoms with van der Waals surface area (Å²) in [7, 11) is 1.64. The molecule has 1 aliphatic heterocycles. The van der Waals surface area contributed by atoms with Crippen LogP contribution in [0, 0.1) is 0 Å². The van der Waals surface area contributed by atoms with E-state index in [4.69, 9.17) is 141 Å². The van der Waals surface area contributed by atoms with Gasteiger partial charge in [-0.15, -0.1) is 0 Å². The van der Waals surface area contributed by atoms with Gasteiger partial charge in [0.25, 0.3) is 5.52 Å². The maximum atomic E-state index is 12.8. The SMILES string of the molecule is CCCC[n+]1c(C=CC=C2N(CCCCCC(=O)O)c3cc(Cl)c(Cl)cc3N2CCCCCC(=O)NCCOCCOCCOCCOCCOCCOCCOCCOCCOCCOCCOCCOCCOCCOCCOCCOCCOCCOCCOCCOCCOCCOCCOCCOC)oc2ccc(C(C)(C)C)cc21. The predicted octanol–water partition coefficient (Wildman–Crippen LogP) is 9.66. The number of methoxy groups -OCH3 is 1. The van der Waals surface area contributed by atoms with E-state index in [0.717, 1.165) is 85.7 Å². The lowest BCUT2D eigenvalue weighted by molar-refractivity contribution is -0.678. The molecule has 0 atom stereocenters. The van der Waals surface area contributed by atoms with Gasteiger partial charge in [0.05, 0.1) is 338 Å². The summed E-state index contributed by atoms with van der Waals surface area (Å²) in [5.41, 5.74) is 5.05. The van der Waals surface area contributed by atoms with Crippen molar-refractivity contribution in [2.24, 2.45) is 0 Å². The van der Waals surface area contributed by atoms with Crippen LogP contribution in [0.5, 0.6) is 0 Å². The van der Waals surface area contributed by atoms with Gasteiger partial charge < -0.3 is 138 Å². The molecule has 1 aromatic heterocycles. The van der Waals surface area contributed by atoms with Crippen molar-refractivity contribution in [3.05, 3.63) is 69.8 Å². The highest BCUT2D eigenvalue weighted by molar-refractivity contribution is 6.42. The lowest BCUT2D eigenvalue weighted by Gasteiger charge is -2.25. The molecule has 2 heterocycles. The molecule has 0 radical (unpaired) electrons. The van der Waals surface area contributed by atoms with E-state index in [1.807, 2.05) is 24.3 Å². The minimum Gasteiger partial charge on any atom is -0.481 e. The first kappa shape index (κ1) is 108. The van der Waals surface area contributed by atoms with Gasteiger partial charge >= 0.3 is 11.9 Å². The lowest BCUT2D eigenvalue weighted by atomic mass is 9.87. The highest BCUT2D eigenvalue weighted by atomic mass is 35.5. The Kier molecular flexibility index (Phi) is 69.2. The number of carbonyl (C=O) groups excluding carboxylic acids is 1. The van der Waals surface area contributed by atoms with Crippen LogP contribution in [-0.2, 0) is 135 Å². The van der Waals surface area contributed by atoms with E-state index in [1.54, 1.807) is 7.11 Å². The summed E-state index contributed by atoms with van der Waals surface area (Å²) in [6.07, 6.45) is 13.3. The highest BCUT2D eigenvalue weighted by Gasteiger charge is 2.32. The van der Waals surface area contributed by atoms with Crippen molar-refractivity contribution in [1.82, 2.24) is 5.32 Å². The second-order valence-electron chi connectivity index (χ2n) is 28.3. The third-order valence-corrected chi connectivity index (χ3v) is 18.4. The van der Waals surface area contributed by atoms with Crippen molar-refractivity contribution in [3.63, 3.8) is 0 Å². The Morgan fingerprint density at radius 1 is 0.408 bits per heavy atom. The van der Waals surface area contributed by atoms with Crippen molar-refractivity contribution in [2.75, 3.05) is 347 Å². The highest BCUT2D eigenvalue weighted by Crippen LogP contribution is 2.46. The minimum absolute atomic E-state index is 0.00712. The number of aryl methyl sites for hydroxylation is 1. The number of benzene rings is 2. The van der Waals surface area contributed by atoms with Gasteiger partial charge in [0.2, 0.25) is 11.5 Å². The summed E-state index contributed by atoms with van der Waals surface area (Å²) in [6.45, 7) is 33.9. The molecule has 692 valence electrons. The number of unbranched alkanes of at least 4 members (excludes halogenated alkanes) is 5. The summed E-state index contributed by atoms with van der Waals surface area (Å²) in [5, 5.41) is 13.2. The fourth-order valence-electron chi connectivity index (χ4n) is 11.3. The van der Waals surface area contributed by atoms with Crippen LogP contribution in [0.3, 0.4) is 0 Å². The van der Waals surface area contributed by atoms with Crippen molar-refractivity contribution >= 4 is 63.6 Å². The van der Waals surface area contributed by atoms with Crippen LogP contribution >= 0.6 is 23.2 Å². The third kappa shape index (κ3) is 57.2. The number of amides is 1. The maximum Gasteiger partial charge on any atom is 0.374 e. The number of hydrogen-bond acceptors (Lipinski definition) is 29. The maximum absolute atomic E-state index is 12.8. The molecule has 0 saturated carbocycles. The number of anilines is 2. The molecule has 1 amide bonds. The Bertz CT molecular complexity index is 2980. The number of fused-ring (bicyclic) bond motifs is 2. The summed E-state index contributed by atoms with van der Waals surface area (Å²) in [6, 6.07) is 10.3. The van der Waals surface area contributed by atoms with Gasteiger partial charge in [-0.3, -0.25) is 9.59 Å². The number of carboxylic acid groups (broad SMARTS) is 1. The molecule has 4 rings (SSSR count). The van der Waals surface area contributed by atoms with Crippen LogP contribution in [0.1, 0.15) is 103 Å². The van der Waals surface area contributed by atoms with Crippen LogP contribution in [-0.4, -0.2) is 354 Å². The average Bonchev–Trinajstić information content (AvgIpc) is 1.60. The summed E-state index contributed by atoms with van der Waals surface area (Å²) in [4.78, 5) is 28.6. The van der Waals surface area contributed by atoms with Gasteiger partial charge in [0.1, 0.15) is 5.82 Å². The molecule has 1 aliphatic rings. The van der Waals surface area contributed by atoms with Gasteiger partial charge in [0.15, 0.2) is 6.54 Å². The molecule has 0 spiro atoms. The second-order valence-corrected chi connectivity index (χ2v) is 29.1. The Hall–Kier alpha value is -4.45. The molecule has 0 fully saturated rings. The lowest BCUT2D eigenvalue weighted by Crippen LogP contribution is -2.35. The number of ether oxygens (including phenoxy) is 24. The molecule has 0 unspecified atom stereocenters. The van der Waals surface area contributed by atoms with Gasteiger partial charge in [-0.25, -0.2) is 0 Å². The molecular formula is C86H147Cl2N4O28+.